The number of hydrogen-bond donors (Lipinski definition) is 2. The number of aliphatic carboxylic acids is 1. The number of Topliss-reactive ketones (excluding diaryl/α,β-unsaturated/α-hetero) is 1. The van der Waals surface area contributed by atoms with E-state index in [0.29, 0.717) is 6.42 Å². The van der Waals surface area contributed by atoms with Crippen molar-refractivity contribution >= 4 is 17.7 Å². The van der Waals surface area contributed by atoms with E-state index in [1.54, 1.807) is 13.8 Å². The molecule has 0 aliphatic heterocycles. The number of ketones is 1. The summed E-state index contributed by atoms with van der Waals surface area (Å²) in [5.74, 6) is -1.70. The van der Waals surface area contributed by atoms with Crippen LogP contribution in [0.2, 0.25) is 0 Å². The molecule has 22 heavy (non-hydrogen) atoms. The maximum atomic E-state index is 11.9. The Morgan fingerprint density at radius 1 is 1.09 bits per heavy atom. The summed E-state index contributed by atoms with van der Waals surface area (Å²) in [5.41, 5.74) is 2.05. The van der Waals surface area contributed by atoms with Gasteiger partial charge in [-0.25, -0.2) is 4.79 Å². The predicted octanol–water partition coefficient (Wildman–Crippen LogP) is 2.11. The van der Waals surface area contributed by atoms with Gasteiger partial charge in [-0.05, 0) is 18.4 Å². The number of nitrogens with one attached hydrogen (secondary N) is 1. The van der Waals surface area contributed by atoms with Gasteiger partial charge in [-0.2, -0.15) is 0 Å². The Morgan fingerprint density at radius 3 is 2.18 bits per heavy atom. The molecule has 1 amide bonds. The molecule has 0 aromatic heterocycles. The normalized spacial score (nSPS) is 12.0. The maximum Gasteiger partial charge on any atom is 0.326 e. The van der Waals surface area contributed by atoms with Crippen LogP contribution in [-0.4, -0.2) is 28.8 Å². The quantitative estimate of drug-likeness (QED) is 0.770. The van der Waals surface area contributed by atoms with E-state index in [-0.39, 0.29) is 24.5 Å². The van der Waals surface area contributed by atoms with E-state index in [0.717, 1.165) is 11.1 Å². The SMILES string of the molecule is Cc1ccc(CC(=O)CCC(=O)NC(C(=O)O)C(C)C)cc1. The van der Waals surface area contributed by atoms with Crippen LogP contribution in [0.3, 0.4) is 0 Å². The van der Waals surface area contributed by atoms with Gasteiger partial charge in [0.15, 0.2) is 0 Å². The Bertz CT molecular complexity index is 534. The molecule has 0 bridgehead atoms. The number of amides is 1. The average Bonchev–Trinajstić information content (AvgIpc) is 2.44. The Balaban J connectivity index is 2.41. The lowest BCUT2D eigenvalue weighted by Gasteiger charge is -2.17. The number of carboxylic acids is 1. The van der Waals surface area contributed by atoms with E-state index < -0.39 is 17.9 Å². The summed E-state index contributed by atoms with van der Waals surface area (Å²) in [6.07, 6.45) is 0.422. The van der Waals surface area contributed by atoms with Gasteiger partial charge < -0.3 is 10.4 Å². The van der Waals surface area contributed by atoms with Gasteiger partial charge in [0.1, 0.15) is 11.8 Å². The molecule has 2 N–H and O–H groups in total. The van der Waals surface area contributed by atoms with Gasteiger partial charge in [-0.1, -0.05) is 43.7 Å². The maximum absolute atomic E-state index is 11.9. The minimum Gasteiger partial charge on any atom is -0.480 e. The van der Waals surface area contributed by atoms with Crippen molar-refractivity contribution in [2.24, 2.45) is 5.92 Å². The highest BCUT2D eigenvalue weighted by Gasteiger charge is 2.23. The molecule has 1 rings (SSSR count). The standard InChI is InChI=1S/C17H23NO4/c1-11(2)16(17(21)22)18-15(20)9-8-14(19)10-13-6-4-12(3)5-7-13/h4-7,11,16H,8-10H2,1-3H3,(H,18,20)(H,21,22). The van der Waals surface area contributed by atoms with Crippen LogP contribution in [0.25, 0.3) is 0 Å². The lowest BCUT2D eigenvalue weighted by atomic mass is 10.0. The highest BCUT2D eigenvalue weighted by molar-refractivity contribution is 5.88. The van der Waals surface area contributed by atoms with Gasteiger partial charge in [0.05, 0.1) is 0 Å². The fraction of sp³-hybridized carbons (Fsp3) is 0.471. The number of carbonyl (C=O) groups excluding carboxylic acids is 2. The largest absolute Gasteiger partial charge is 0.480 e. The summed E-state index contributed by atoms with van der Waals surface area (Å²) in [6.45, 7) is 5.42. The zero-order valence-corrected chi connectivity index (χ0v) is 13.3. The van der Waals surface area contributed by atoms with E-state index in [4.69, 9.17) is 5.11 Å². The van der Waals surface area contributed by atoms with Crippen LogP contribution in [0.1, 0.15) is 37.8 Å². The van der Waals surface area contributed by atoms with Gasteiger partial charge in [-0.15, -0.1) is 0 Å². The summed E-state index contributed by atoms with van der Waals surface area (Å²) in [4.78, 5) is 34.6. The molecule has 0 radical (unpaired) electrons. The second kappa shape index (κ2) is 8.32. The topological polar surface area (TPSA) is 83.5 Å². The number of carboxylic acid groups (broad SMARTS) is 1. The molecule has 0 fully saturated rings. The van der Waals surface area contributed by atoms with Crippen molar-refractivity contribution in [2.75, 3.05) is 0 Å². The van der Waals surface area contributed by atoms with Crippen molar-refractivity contribution < 1.29 is 19.5 Å². The number of hydrogen-bond acceptors (Lipinski definition) is 3. The first kappa shape index (κ1) is 17.9. The van der Waals surface area contributed by atoms with E-state index in [1.807, 2.05) is 31.2 Å². The van der Waals surface area contributed by atoms with E-state index in [9.17, 15) is 14.4 Å². The predicted molar refractivity (Wildman–Crippen MR) is 83.5 cm³/mol. The number of benzene rings is 1. The minimum atomic E-state index is -1.06. The van der Waals surface area contributed by atoms with Crippen molar-refractivity contribution in [3.63, 3.8) is 0 Å². The van der Waals surface area contributed by atoms with Gasteiger partial charge in [0, 0.05) is 19.3 Å². The Labute approximate surface area is 130 Å². The molecule has 1 atom stereocenters. The zero-order valence-electron chi connectivity index (χ0n) is 13.3. The Kier molecular flexibility index (Phi) is 6.76. The third-order valence-corrected chi connectivity index (χ3v) is 3.40. The van der Waals surface area contributed by atoms with Gasteiger partial charge in [-0.3, -0.25) is 9.59 Å². The number of carbonyl (C=O) groups is 3. The van der Waals surface area contributed by atoms with Crippen molar-refractivity contribution in [3.8, 4) is 0 Å². The average molecular weight is 305 g/mol. The summed E-state index contributed by atoms with van der Waals surface area (Å²) in [7, 11) is 0. The Hall–Kier alpha value is -2.17. The van der Waals surface area contributed by atoms with E-state index in [1.165, 1.54) is 0 Å². The molecule has 0 saturated carbocycles. The first-order valence-electron chi connectivity index (χ1n) is 7.39. The van der Waals surface area contributed by atoms with Gasteiger partial charge >= 0.3 is 5.97 Å². The second-order valence-corrected chi connectivity index (χ2v) is 5.83. The lowest BCUT2D eigenvalue weighted by molar-refractivity contribution is -0.143. The first-order valence-corrected chi connectivity index (χ1v) is 7.39. The monoisotopic (exact) mass is 305 g/mol. The summed E-state index contributed by atoms with van der Waals surface area (Å²) in [6, 6.07) is 6.75. The highest BCUT2D eigenvalue weighted by Crippen LogP contribution is 2.07. The molecular formula is C17H23NO4. The summed E-state index contributed by atoms with van der Waals surface area (Å²) in [5, 5.41) is 11.5. The summed E-state index contributed by atoms with van der Waals surface area (Å²) < 4.78 is 0. The summed E-state index contributed by atoms with van der Waals surface area (Å²) >= 11 is 0. The van der Waals surface area contributed by atoms with Crippen LogP contribution in [0.15, 0.2) is 24.3 Å². The van der Waals surface area contributed by atoms with Crippen LogP contribution >= 0.6 is 0 Å². The molecule has 0 aliphatic rings. The van der Waals surface area contributed by atoms with Crippen LogP contribution in [0.4, 0.5) is 0 Å². The van der Waals surface area contributed by atoms with Crippen molar-refractivity contribution in [3.05, 3.63) is 35.4 Å². The minimum absolute atomic E-state index is 0.0151. The van der Waals surface area contributed by atoms with E-state index in [2.05, 4.69) is 5.32 Å². The van der Waals surface area contributed by atoms with E-state index >= 15 is 0 Å². The van der Waals surface area contributed by atoms with Gasteiger partial charge in [0.2, 0.25) is 5.91 Å². The van der Waals surface area contributed by atoms with Crippen molar-refractivity contribution in [1.29, 1.82) is 0 Å². The molecule has 0 saturated heterocycles. The fourth-order valence-corrected chi connectivity index (χ4v) is 2.03. The van der Waals surface area contributed by atoms with Crippen LogP contribution in [-0.2, 0) is 20.8 Å². The number of rotatable bonds is 8. The third kappa shape index (κ3) is 6.08. The zero-order chi connectivity index (χ0) is 16.7. The molecule has 5 nitrogen and oxygen atoms in total. The molecule has 0 spiro atoms. The smallest absolute Gasteiger partial charge is 0.326 e. The highest BCUT2D eigenvalue weighted by atomic mass is 16.4. The van der Waals surface area contributed by atoms with Gasteiger partial charge in [0.25, 0.3) is 0 Å². The number of aryl methyl sites for hydroxylation is 1. The fourth-order valence-electron chi connectivity index (χ4n) is 2.03. The first-order chi connectivity index (χ1) is 10.3. The lowest BCUT2D eigenvalue weighted by Crippen LogP contribution is -2.44. The molecule has 0 heterocycles. The Morgan fingerprint density at radius 2 is 1.68 bits per heavy atom. The third-order valence-electron chi connectivity index (χ3n) is 3.40. The molecule has 0 aliphatic carbocycles. The van der Waals surface area contributed by atoms with Crippen molar-refractivity contribution in [1.82, 2.24) is 5.32 Å². The van der Waals surface area contributed by atoms with Crippen LogP contribution < -0.4 is 5.32 Å². The molecule has 1 unspecified atom stereocenters. The molecule has 1 aromatic rings. The van der Waals surface area contributed by atoms with Crippen molar-refractivity contribution in [2.45, 2.75) is 46.1 Å². The van der Waals surface area contributed by atoms with Crippen LogP contribution in [0.5, 0.6) is 0 Å². The second-order valence-electron chi connectivity index (χ2n) is 5.83. The molecule has 120 valence electrons. The molecular weight excluding hydrogens is 282 g/mol. The molecule has 5 heteroatoms. The van der Waals surface area contributed by atoms with Crippen LogP contribution in [0, 0.1) is 12.8 Å². The molecule has 1 aromatic carbocycles.